The van der Waals surface area contributed by atoms with Crippen molar-refractivity contribution < 1.29 is 14.6 Å². The predicted octanol–water partition coefficient (Wildman–Crippen LogP) is 2.14. The van der Waals surface area contributed by atoms with Crippen molar-refractivity contribution in [3.8, 4) is 0 Å². The van der Waals surface area contributed by atoms with E-state index in [1.807, 2.05) is 24.3 Å². The minimum Gasteiger partial charge on any atom is -0.481 e. The standard InChI is InChI=1S/C10H12O2.C2H6O/c1-2-8-4-3-5-9(6-8)7-10(11)12;1-3-2/h3-6H,2,7H2,1H3,(H,11,12);1-2H3. The topological polar surface area (TPSA) is 46.5 Å². The lowest BCUT2D eigenvalue weighted by Crippen LogP contribution is -2.00. The third kappa shape index (κ3) is 6.69. The van der Waals surface area contributed by atoms with E-state index in [1.54, 1.807) is 14.2 Å². The van der Waals surface area contributed by atoms with Gasteiger partial charge in [-0.15, -0.1) is 0 Å². The number of aryl methyl sites for hydroxylation is 1. The van der Waals surface area contributed by atoms with Crippen LogP contribution in [-0.2, 0) is 22.4 Å². The Morgan fingerprint density at radius 2 is 1.87 bits per heavy atom. The lowest BCUT2D eigenvalue weighted by atomic mass is 10.1. The zero-order valence-corrected chi connectivity index (χ0v) is 9.49. The highest BCUT2D eigenvalue weighted by Gasteiger charge is 1.99. The lowest BCUT2D eigenvalue weighted by Gasteiger charge is -1.99. The van der Waals surface area contributed by atoms with Gasteiger partial charge < -0.3 is 9.84 Å². The molecule has 0 amide bonds. The number of methoxy groups -OCH3 is 1. The van der Waals surface area contributed by atoms with Crippen molar-refractivity contribution >= 4 is 5.97 Å². The number of rotatable bonds is 3. The average molecular weight is 210 g/mol. The summed E-state index contributed by atoms with van der Waals surface area (Å²) in [6.07, 6.45) is 1.07. The molecule has 0 saturated carbocycles. The van der Waals surface area contributed by atoms with Crippen LogP contribution in [0.1, 0.15) is 18.1 Å². The van der Waals surface area contributed by atoms with Crippen LogP contribution in [0, 0.1) is 0 Å². The molecule has 1 aromatic rings. The fraction of sp³-hybridized carbons (Fsp3) is 0.417. The largest absolute Gasteiger partial charge is 0.481 e. The van der Waals surface area contributed by atoms with Gasteiger partial charge in [0, 0.05) is 14.2 Å². The monoisotopic (exact) mass is 210 g/mol. The molecule has 1 N–H and O–H groups in total. The van der Waals surface area contributed by atoms with Gasteiger partial charge in [-0.25, -0.2) is 0 Å². The quantitative estimate of drug-likeness (QED) is 0.831. The fourth-order valence-electron chi connectivity index (χ4n) is 1.13. The number of carboxylic acids is 1. The van der Waals surface area contributed by atoms with E-state index in [2.05, 4.69) is 11.7 Å². The third-order valence-corrected chi connectivity index (χ3v) is 1.75. The van der Waals surface area contributed by atoms with Crippen LogP contribution in [0.3, 0.4) is 0 Å². The van der Waals surface area contributed by atoms with Gasteiger partial charge in [-0.2, -0.15) is 0 Å². The van der Waals surface area contributed by atoms with Crippen LogP contribution in [0.5, 0.6) is 0 Å². The summed E-state index contributed by atoms with van der Waals surface area (Å²) in [5, 5.41) is 8.53. The number of benzene rings is 1. The van der Waals surface area contributed by atoms with Gasteiger partial charge in [0.1, 0.15) is 0 Å². The molecule has 0 aliphatic rings. The summed E-state index contributed by atoms with van der Waals surface area (Å²) in [6.45, 7) is 2.06. The van der Waals surface area contributed by atoms with Gasteiger partial charge in [0.2, 0.25) is 0 Å². The molecular weight excluding hydrogens is 192 g/mol. The molecule has 3 nitrogen and oxygen atoms in total. The second kappa shape index (κ2) is 8.00. The molecule has 0 radical (unpaired) electrons. The molecule has 0 saturated heterocycles. The van der Waals surface area contributed by atoms with Crippen LogP contribution in [0.25, 0.3) is 0 Å². The normalized spacial score (nSPS) is 9.00. The highest BCUT2D eigenvalue weighted by molar-refractivity contribution is 5.70. The number of aliphatic carboxylic acids is 1. The van der Waals surface area contributed by atoms with Crippen molar-refractivity contribution in [2.45, 2.75) is 19.8 Å². The van der Waals surface area contributed by atoms with E-state index >= 15 is 0 Å². The van der Waals surface area contributed by atoms with E-state index in [9.17, 15) is 4.79 Å². The number of carboxylic acid groups (broad SMARTS) is 1. The van der Waals surface area contributed by atoms with Crippen molar-refractivity contribution in [3.05, 3.63) is 35.4 Å². The number of hydrogen-bond donors (Lipinski definition) is 1. The summed E-state index contributed by atoms with van der Waals surface area (Å²) in [5.74, 6) is -0.775. The summed E-state index contributed by atoms with van der Waals surface area (Å²) in [7, 11) is 3.25. The SMILES string of the molecule is CCc1cccc(CC(=O)O)c1.COC. The Hall–Kier alpha value is -1.35. The highest BCUT2D eigenvalue weighted by atomic mass is 16.4. The molecule has 1 aromatic carbocycles. The van der Waals surface area contributed by atoms with Crippen molar-refractivity contribution in [2.75, 3.05) is 14.2 Å². The summed E-state index contributed by atoms with van der Waals surface area (Å²) < 4.78 is 4.25. The predicted molar refractivity (Wildman–Crippen MR) is 60.1 cm³/mol. The Kier molecular flexibility index (Phi) is 7.28. The van der Waals surface area contributed by atoms with Crippen LogP contribution in [0.4, 0.5) is 0 Å². The first-order valence-corrected chi connectivity index (χ1v) is 4.83. The molecule has 84 valence electrons. The van der Waals surface area contributed by atoms with E-state index < -0.39 is 5.97 Å². The molecular formula is C12H18O3. The second-order valence-corrected chi connectivity index (χ2v) is 3.15. The van der Waals surface area contributed by atoms with E-state index in [0.29, 0.717) is 0 Å². The Bertz CT molecular complexity index is 295. The lowest BCUT2D eigenvalue weighted by molar-refractivity contribution is -0.136. The summed E-state index contributed by atoms with van der Waals surface area (Å²) in [4.78, 5) is 10.4. The molecule has 0 unspecified atom stereocenters. The first-order chi connectivity index (χ1) is 7.13. The van der Waals surface area contributed by atoms with Crippen LogP contribution in [0.2, 0.25) is 0 Å². The fourth-order valence-corrected chi connectivity index (χ4v) is 1.13. The van der Waals surface area contributed by atoms with Crippen LogP contribution in [-0.4, -0.2) is 25.3 Å². The van der Waals surface area contributed by atoms with Crippen molar-refractivity contribution in [1.82, 2.24) is 0 Å². The second-order valence-electron chi connectivity index (χ2n) is 3.15. The van der Waals surface area contributed by atoms with Gasteiger partial charge in [0.05, 0.1) is 6.42 Å². The molecule has 0 aromatic heterocycles. The van der Waals surface area contributed by atoms with Crippen molar-refractivity contribution in [2.24, 2.45) is 0 Å². The molecule has 15 heavy (non-hydrogen) atoms. The van der Waals surface area contributed by atoms with E-state index in [0.717, 1.165) is 12.0 Å². The summed E-state index contributed by atoms with van der Waals surface area (Å²) in [6, 6.07) is 7.68. The molecule has 0 fully saturated rings. The molecule has 0 aliphatic carbocycles. The Balaban J connectivity index is 0.000000583. The minimum atomic E-state index is -0.775. The van der Waals surface area contributed by atoms with Crippen molar-refractivity contribution in [1.29, 1.82) is 0 Å². The zero-order chi connectivity index (χ0) is 11.7. The Labute approximate surface area is 90.7 Å². The number of carbonyl (C=O) groups is 1. The van der Waals surface area contributed by atoms with Crippen molar-refractivity contribution in [3.63, 3.8) is 0 Å². The summed E-state index contributed by atoms with van der Waals surface area (Å²) >= 11 is 0. The molecule has 0 aliphatic heterocycles. The Morgan fingerprint density at radius 3 is 2.33 bits per heavy atom. The first-order valence-electron chi connectivity index (χ1n) is 4.83. The highest BCUT2D eigenvalue weighted by Crippen LogP contribution is 2.06. The average Bonchev–Trinajstić information content (AvgIpc) is 2.18. The number of hydrogen-bond acceptors (Lipinski definition) is 2. The molecule has 0 bridgehead atoms. The molecule has 0 spiro atoms. The zero-order valence-electron chi connectivity index (χ0n) is 9.49. The van der Waals surface area contributed by atoms with Crippen LogP contribution in [0.15, 0.2) is 24.3 Å². The maximum Gasteiger partial charge on any atom is 0.307 e. The Morgan fingerprint density at radius 1 is 1.33 bits per heavy atom. The van der Waals surface area contributed by atoms with Gasteiger partial charge in [-0.05, 0) is 17.5 Å². The maximum absolute atomic E-state index is 10.4. The van der Waals surface area contributed by atoms with Crippen LogP contribution < -0.4 is 0 Å². The van der Waals surface area contributed by atoms with Gasteiger partial charge in [0.25, 0.3) is 0 Å². The third-order valence-electron chi connectivity index (χ3n) is 1.75. The molecule has 0 atom stereocenters. The van der Waals surface area contributed by atoms with E-state index in [4.69, 9.17) is 5.11 Å². The van der Waals surface area contributed by atoms with Crippen LogP contribution >= 0.6 is 0 Å². The van der Waals surface area contributed by atoms with E-state index in [-0.39, 0.29) is 6.42 Å². The van der Waals surface area contributed by atoms with Gasteiger partial charge >= 0.3 is 5.97 Å². The molecule has 0 heterocycles. The minimum absolute atomic E-state index is 0.119. The molecule has 3 heteroatoms. The first kappa shape index (κ1) is 13.7. The van der Waals surface area contributed by atoms with Gasteiger partial charge in [-0.1, -0.05) is 31.2 Å². The summed E-state index contributed by atoms with van der Waals surface area (Å²) in [5.41, 5.74) is 2.07. The van der Waals surface area contributed by atoms with Gasteiger partial charge in [0.15, 0.2) is 0 Å². The molecule has 1 rings (SSSR count). The maximum atomic E-state index is 10.4. The van der Waals surface area contributed by atoms with E-state index in [1.165, 1.54) is 5.56 Å². The van der Waals surface area contributed by atoms with Gasteiger partial charge in [-0.3, -0.25) is 4.79 Å². The smallest absolute Gasteiger partial charge is 0.307 e. The number of ether oxygens (including phenoxy) is 1.